The van der Waals surface area contributed by atoms with E-state index in [0.717, 1.165) is 52.3 Å². The van der Waals surface area contributed by atoms with Gasteiger partial charge in [0.05, 0.1) is 6.54 Å². The van der Waals surface area contributed by atoms with E-state index in [1.54, 1.807) is 6.20 Å². The van der Waals surface area contributed by atoms with Crippen LogP contribution in [0.5, 0.6) is 0 Å². The fourth-order valence-corrected chi connectivity index (χ4v) is 3.94. The highest BCUT2D eigenvalue weighted by Gasteiger charge is 2.15. The number of nitrogens with zero attached hydrogens (tertiary/aromatic N) is 7. The number of aromatic nitrogens is 8. The first kappa shape index (κ1) is 19.0. The molecule has 8 heteroatoms. The van der Waals surface area contributed by atoms with Crippen LogP contribution in [0.15, 0.2) is 48.7 Å². The summed E-state index contributed by atoms with van der Waals surface area (Å²) in [7, 11) is 0. The van der Waals surface area contributed by atoms with Gasteiger partial charge < -0.3 is 4.57 Å². The maximum absolute atomic E-state index is 4.84. The summed E-state index contributed by atoms with van der Waals surface area (Å²) in [6.07, 6.45) is 2.59. The normalized spacial score (nSPS) is 11.3. The lowest BCUT2D eigenvalue weighted by Crippen LogP contribution is -2.05. The zero-order chi connectivity index (χ0) is 21.4. The molecular formula is C23H22N8. The number of hydrogen-bond acceptors (Lipinski definition) is 6. The molecule has 0 aliphatic rings. The Bertz CT molecular complexity index is 1350. The molecule has 0 radical (unpaired) electrons. The Hall–Kier alpha value is -3.94. The predicted molar refractivity (Wildman–Crippen MR) is 118 cm³/mol. The van der Waals surface area contributed by atoms with E-state index in [1.807, 2.05) is 19.1 Å². The molecule has 1 N–H and O–H groups in total. The minimum atomic E-state index is 0.481. The molecule has 0 aliphatic heterocycles. The molecule has 1 aromatic carbocycles. The van der Waals surface area contributed by atoms with Crippen LogP contribution < -0.4 is 0 Å². The van der Waals surface area contributed by atoms with Crippen LogP contribution in [-0.2, 0) is 13.0 Å². The van der Waals surface area contributed by atoms with Crippen LogP contribution in [0.3, 0.4) is 0 Å². The third-order valence-electron chi connectivity index (χ3n) is 5.39. The second kappa shape index (κ2) is 7.71. The number of imidazole rings is 1. The van der Waals surface area contributed by atoms with Crippen molar-refractivity contribution in [3.05, 3.63) is 71.3 Å². The fourth-order valence-electron chi connectivity index (χ4n) is 3.94. The largest absolute Gasteiger partial charge is 0.308 e. The van der Waals surface area contributed by atoms with Gasteiger partial charge in [0, 0.05) is 23.9 Å². The van der Waals surface area contributed by atoms with Gasteiger partial charge in [0.1, 0.15) is 17.0 Å². The van der Waals surface area contributed by atoms with E-state index >= 15 is 0 Å². The van der Waals surface area contributed by atoms with Crippen molar-refractivity contribution >= 4 is 11.2 Å². The second-order valence-corrected chi connectivity index (χ2v) is 7.55. The number of aromatic amines is 1. The number of fused-ring (bicyclic) bond motifs is 1. The number of rotatable bonds is 5. The van der Waals surface area contributed by atoms with Crippen molar-refractivity contribution in [3.8, 4) is 22.6 Å². The number of aryl methyl sites for hydroxylation is 3. The highest BCUT2D eigenvalue weighted by atomic mass is 15.5. The zero-order valence-corrected chi connectivity index (χ0v) is 17.7. The highest BCUT2D eigenvalue weighted by molar-refractivity contribution is 5.78. The number of pyridine rings is 2. The van der Waals surface area contributed by atoms with Gasteiger partial charge >= 0.3 is 0 Å². The van der Waals surface area contributed by atoms with Crippen molar-refractivity contribution in [3.63, 3.8) is 0 Å². The van der Waals surface area contributed by atoms with Gasteiger partial charge in [0.25, 0.3) is 0 Å². The van der Waals surface area contributed by atoms with Gasteiger partial charge in [-0.3, -0.25) is 4.98 Å². The van der Waals surface area contributed by atoms with Crippen molar-refractivity contribution in [2.24, 2.45) is 0 Å². The number of nitrogens with one attached hydrogen (secondary N) is 1. The summed E-state index contributed by atoms with van der Waals surface area (Å²) in [5.41, 5.74) is 8.01. The van der Waals surface area contributed by atoms with E-state index in [4.69, 9.17) is 9.97 Å². The van der Waals surface area contributed by atoms with Crippen LogP contribution in [0.4, 0.5) is 0 Å². The van der Waals surface area contributed by atoms with Gasteiger partial charge in [-0.1, -0.05) is 37.3 Å². The Balaban J connectivity index is 1.51. The lowest BCUT2D eigenvalue weighted by atomic mass is 10.0. The first-order valence-electron chi connectivity index (χ1n) is 10.3. The average molecular weight is 410 g/mol. The summed E-state index contributed by atoms with van der Waals surface area (Å²) in [5.74, 6) is 1.53. The zero-order valence-electron chi connectivity index (χ0n) is 17.7. The molecule has 0 bridgehead atoms. The highest BCUT2D eigenvalue weighted by Crippen LogP contribution is 2.28. The third-order valence-corrected chi connectivity index (χ3v) is 5.39. The SMILES string of the molecule is CCc1nc2c(C)cc(C)nc2n1Cc1ccc(-c2cccnc2-c2nn[nH]n2)cc1. The standard InChI is InChI=1S/C23H22N8/c1-4-19-26-20-14(2)12-15(3)25-23(20)31(19)13-16-7-9-17(10-8-16)18-6-5-11-24-21(18)22-27-29-30-28-22/h5-12H,4,13H2,1-3H3,(H,27,28,29,30). The number of hydrogen-bond donors (Lipinski definition) is 1. The minimum Gasteiger partial charge on any atom is -0.308 e. The molecule has 0 fully saturated rings. The molecule has 0 saturated carbocycles. The van der Waals surface area contributed by atoms with E-state index in [-0.39, 0.29) is 0 Å². The first-order valence-corrected chi connectivity index (χ1v) is 10.3. The Labute approximate surface area is 179 Å². The molecule has 0 aliphatic carbocycles. The van der Waals surface area contributed by atoms with Crippen LogP contribution >= 0.6 is 0 Å². The summed E-state index contributed by atoms with van der Waals surface area (Å²) >= 11 is 0. The molecular weight excluding hydrogens is 388 g/mol. The molecule has 0 amide bonds. The topological polar surface area (TPSA) is 98.1 Å². The molecule has 8 nitrogen and oxygen atoms in total. The Morgan fingerprint density at radius 2 is 1.87 bits per heavy atom. The average Bonchev–Trinajstić information content (AvgIpc) is 3.43. The minimum absolute atomic E-state index is 0.481. The lowest BCUT2D eigenvalue weighted by Gasteiger charge is -2.10. The fraction of sp³-hybridized carbons (Fsp3) is 0.217. The summed E-state index contributed by atoms with van der Waals surface area (Å²) < 4.78 is 2.22. The first-order chi connectivity index (χ1) is 15.1. The van der Waals surface area contributed by atoms with Crippen LogP contribution in [-0.4, -0.2) is 40.1 Å². The Morgan fingerprint density at radius 3 is 2.61 bits per heavy atom. The third kappa shape index (κ3) is 3.46. The van der Waals surface area contributed by atoms with Crippen LogP contribution in [0, 0.1) is 13.8 Å². The van der Waals surface area contributed by atoms with Crippen molar-refractivity contribution in [2.75, 3.05) is 0 Å². The second-order valence-electron chi connectivity index (χ2n) is 7.55. The summed E-state index contributed by atoms with van der Waals surface area (Å²) in [6, 6.07) is 14.5. The molecule has 5 aromatic rings. The van der Waals surface area contributed by atoms with E-state index in [0.29, 0.717) is 11.5 Å². The molecule has 0 unspecified atom stereocenters. The molecule has 31 heavy (non-hydrogen) atoms. The maximum atomic E-state index is 4.84. The molecule has 5 rings (SSSR count). The Morgan fingerprint density at radius 1 is 1.03 bits per heavy atom. The summed E-state index contributed by atoms with van der Waals surface area (Å²) in [5, 5.41) is 14.3. The monoisotopic (exact) mass is 410 g/mol. The van der Waals surface area contributed by atoms with Crippen LogP contribution in [0.1, 0.15) is 29.6 Å². The number of benzene rings is 1. The smallest absolute Gasteiger partial charge is 0.223 e. The molecule has 0 atom stereocenters. The maximum Gasteiger partial charge on any atom is 0.223 e. The van der Waals surface area contributed by atoms with E-state index in [1.165, 1.54) is 5.56 Å². The van der Waals surface area contributed by atoms with Gasteiger partial charge in [0.15, 0.2) is 5.65 Å². The molecule has 0 saturated heterocycles. The number of H-pyrrole nitrogens is 1. The lowest BCUT2D eigenvalue weighted by molar-refractivity contribution is 0.745. The van der Waals surface area contributed by atoms with Gasteiger partial charge in [-0.2, -0.15) is 5.21 Å². The van der Waals surface area contributed by atoms with E-state index in [9.17, 15) is 0 Å². The van der Waals surface area contributed by atoms with Gasteiger partial charge in [-0.15, -0.1) is 10.2 Å². The van der Waals surface area contributed by atoms with Crippen molar-refractivity contribution < 1.29 is 0 Å². The Kier molecular flexibility index (Phi) is 4.74. The van der Waals surface area contributed by atoms with E-state index in [2.05, 4.69) is 74.4 Å². The quantitative estimate of drug-likeness (QED) is 0.472. The molecule has 4 aromatic heterocycles. The van der Waals surface area contributed by atoms with Gasteiger partial charge in [-0.25, -0.2) is 9.97 Å². The van der Waals surface area contributed by atoms with Gasteiger partial charge in [0.2, 0.25) is 5.82 Å². The van der Waals surface area contributed by atoms with Gasteiger partial charge in [-0.05, 0) is 47.9 Å². The predicted octanol–water partition coefficient (Wildman–Crippen LogP) is 3.90. The summed E-state index contributed by atoms with van der Waals surface area (Å²) in [6.45, 7) is 6.97. The molecule has 154 valence electrons. The number of tetrazole rings is 1. The van der Waals surface area contributed by atoms with Crippen molar-refractivity contribution in [1.29, 1.82) is 0 Å². The molecule has 4 heterocycles. The van der Waals surface area contributed by atoms with Crippen molar-refractivity contribution in [1.82, 2.24) is 40.1 Å². The van der Waals surface area contributed by atoms with Crippen molar-refractivity contribution in [2.45, 2.75) is 33.7 Å². The molecule has 0 spiro atoms. The summed E-state index contributed by atoms with van der Waals surface area (Å²) in [4.78, 5) is 14.1. The van der Waals surface area contributed by atoms with Crippen LogP contribution in [0.25, 0.3) is 33.8 Å². The van der Waals surface area contributed by atoms with E-state index < -0.39 is 0 Å². The van der Waals surface area contributed by atoms with Crippen LogP contribution in [0.2, 0.25) is 0 Å².